The Labute approximate surface area is 153 Å². The molecule has 0 unspecified atom stereocenters. The van der Waals surface area contributed by atoms with Gasteiger partial charge in [0.2, 0.25) is 11.9 Å². The average Bonchev–Trinajstić information content (AvgIpc) is 3.02. The van der Waals surface area contributed by atoms with Crippen LogP contribution in [-0.2, 0) is 9.59 Å². The molecular formula is C18H25N5O3. The zero-order valence-electron chi connectivity index (χ0n) is 15.2. The molecule has 1 saturated heterocycles. The summed E-state index contributed by atoms with van der Waals surface area (Å²) < 4.78 is 5.09. The standard InChI is InChI=1S/C18H25N5O3/c1-3-22-8-10-23(11-9-22)18-20-15(17(25)21-18)12-16(24)19-13-4-6-14(26-2)7-5-13/h4-7,15H,3,8-12H2,1-2H3,(H,19,24)(H,20,21,25)/t15-/m1/s1. The van der Waals surface area contributed by atoms with Crippen LogP contribution in [0.2, 0.25) is 0 Å². The van der Waals surface area contributed by atoms with Crippen molar-refractivity contribution in [1.29, 1.82) is 0 Å². The van der Waals surface area contributed by atoms with E-state index in [2.05, 4.69) is 32.3 Å². The fraction of sp³-hybridized carbons (Fsp3) is 0.500. The van der Waals surface area contributed by atoms with E-state index >= 15 is 0 Å². The van der Waals surface area contributed by atoms with E-state index < -0.39 is 6.04 Å². The second-order valence-corrected chi connectivity index (χ2v) is 6.36. The Balaban J connectivity index is 1.54. The first-order valence-corrected chi connectivity index (χ1v) is 8.89. The number of carbonyl (C=O) groups excluding carboxylic acids is 2. The van der Waals surface area contributed by atoms with Crippen LogP contribution in [-0.4, -0.2) is 73.4 Å². The van der Waals surface area contributed by atoms with Gasteiger partial charge in [-0.1, -0.05) is 6.92 Å². The van der Waals surface area contributed by atoms with Crippen molar-refractivity contribution in [2.24, 2.45) is 4.99 Å². The van der Waals surface area contributed by atoms with Crippen LogP contribution in [0.4, 0.5) is 5.69 Å². The number of aliphatic imine (C=N–C) groups is 1. The highest BCUT2D eigenvalue weighted by Gasteiger charge is 2.32. The molecule has 0 spiro atoms. The predicted molar refractivity (Wildman–Crippen MR) is 99.3 cm³/mol. The molecule has 0 saturated carbocycles. The number of amides is 2. The van der Waals surface area contributed by atoms with Crippen LogP contribution in [0.1, 0.15) is 13.3 Å². The van der Waals surface area contributed by atoms with Gasteiger partial charge in [-0.25, -0.2) is 4.99 Å². The van der Waals surface area contributed by atoms with Crippen LogP contribution in [0.5, 0.6) is 5.75 Å². The van der Waals surface area contributed by atoms with Gasteiger partial charge in [0, 0.05) is 31.9 Å². The highest BCUT2D eigenvalue weighted by atomic mass is 16.5. The second-order valence-electron chi connectivity index (χ2n) is 6.36. The number of methoxy groups -OCH3 is 1. The number of piperazine rings is 1. The number of rotatable bonds is 5. The molecule has 8 nitrogen and oxygen atoms in total. The summed E-state index contributed by atoms with van der Waals surface area (Å²) in [7, 11) is 1.59. The van der Waals surface area contributed by atoms with Crippen LogP contribution in [0.3, 0.4) is 0 Å². The third kappa shape index (κ3) is 4.32. The van der Waals surface area contributed by atoms with E-state index in [0.717, 1.165) is 38.5 Å². The van der Waals surface area contributed by atoms with Gasteiger partial charge in [0.15, 0.2) is 0 Å². The average molecular weight is 359 g/mol. The molecule has 2 aliphatic heterocycles. The van der Waals surface area contributed by atoms with Crippen LogP contribution < -0.4 is 15.4 Å². The van der Waals surface area contributed by atoms with Crippen molar-refractivity contribution in [2.45, 2.75) is 19.4 Å². The van der Waals surface area contributed by atoms with E-state index in [0.29, 0.717) is 11.6 Å². The largest absolute Gasteiger partial charge is 0.497 e. The number of carbonyl (C=O) groups is 2. The predicted octanol–water partition coefficient (Wildman–Crippen LogP) is 0.516. The Morgan fingerprint density at radius 3 is 2.58 bits per heavy atom. The lowest BCUT2D eigenvalue weighted by molar-refractivity contribution is -0.124. The Bertz CT molecular complexity index is 681. The number of nitrogens with zero attached hydrogens (tertiary/aromatic N) is 3. The first-order chi connectivity index (χ1) is 12.6. The van der Waals surface area contributed by atoms with E-state index in [-0.39, 0.29) is 18.2 Å². The molecule has 2 aliphatic rings. The van der Waals surface area contributed by atoms with Crippen molar-refractivity contribution >= 4 is 23.5 Å². The molecule has 2 heterocycles. The van der Waals surface area contributed by atoms with Gasteiger partial charge in [-0.3, -0.25) is 14.9 Å². The van der Waals surface area contributed by atoms with E-state index in [1.807, 2.05) is 0 Å². The van der Waals surface area contributed by atoms with Gasteiger partial charge >= 0.3 is 0 Å². The summed E-state index contributed by atoms with van der Waals surface area (Å²) in [4.78, 5) is 33.2. The normalized spacial score (nSPS) is 20.5. The quantitative estimate of drug-likeness (QED) is 0.800. The number of likely N-dealkylation sites (N-methyl/N-ethyl adjacent to an activating group) is 1. The van der Waals surface area contributed by atoms with E-state index in [4.69, 9.17) is 4.74 Å². The molecule has 0 aliphatic carbocycles. The summed E-state index contributed by atoms with van der Waals surface area (Å²) in [5.41, 5.74) is 0.661. The second kappa shape index (κ2) is 8.18. The van der Waals surface area contributed by atoms with E-state index in [1.54, 1.807) is 31.4 Å². The topological polar surface area (TPSA) is 86.3 Å². The van der Waals surface area contributed by atoms with Gasteiger partial charge in [-0.2, -0.15) is 0 Å². The Hall–Kier alpha value is -2.61. The summed E-state index contributed by atoms with van der Waals surface area (Å²) in [5.74, 6) is 0.850. The minimum atomic E-state index is -0.674. The fourth-order valence-corrected chi connectivity index (χ4v) is 3.07. The maximum Gasteiger partial charge on any atom is 0.252 e. The van der Waals surface area contributed by atoms with Crippen molar-refractivity contribution in [1.82, 2.24) is 15.1 Å². The summed E-state index contributed by atoms with van der Waals surface area (Å²) >= 11 is 0. The smallest absolute Gasteiger partial charge is 0.252 e. The SMILES string of the molecule is CCN1CCN(C2=N[C@H](CC(=O)Nc3ccc(OC)cc3)C(=O)N2)CC1. The van der Waals surface area contributed by atoms with Gasteiger partial charge in [0.25, 0.3) is 5.91 Å². The summed E-state index contributed by atoms with van der Waals surface area (Å²) in [6, 6.07) is 6.38. The maximum absolute atomic E-state index is 12.2. The Morgan fingerprint density at radius 1 is 1.27 bits per heavy atom. The number of guanidine groups is 1. The molecule has 1 atom stereocenters. The maximum atomic E-state index is 12.2. The van der Waals surface area contributed by atoms with Crippen LogP contribution in [0.15, 0.2) is 29.3 Å². The molecule has 0 bridgehead atoms. The molecule has 1 aromatic rings. The van der Waals surface area contributed by atoms with Crippen molar-refractivity contribution in [3.8, 4) is 5.75 Å². The Morgan fingerprint density at radius 2 is 1.96 bits per heavy atom. The van der Waals surface area contributed by atoms with Crippen molar-refractivity contribution in [3.63, 3.8) is 0 Å². The summed E-state index contributed by atoms with van der Waals surface area (Å²) in [6.45, 7) is 6.74. The third-order valence-electron chi connectivity index (χ3n) is 4.69. The molecule has 0 radical (unpaired) electrons. The van der Waals surface area contributed by atoms with E-state index in [1.165, 1.54) is 0 Å². The van der Waals surface area contributed by atoms with Gasteiger partial charge in [0.1, 0.15) is 11.8 Å². The van der Waals surface area contributed by atoms with E-state index in [9.17, 15) is 9.59 Å². The molecule has 3 rings (SSSR count). The number of hydrogen-bond donors (Lipinski definition) is 2. The Kier molecular flexibility index (Phi) is 5.72. The molecule has 140 valence electrons. The van der Waals surface area contributed by atoms with Gasteiger partial charge < -0.3 is 19.9 Å². The molecular weight excluding hydrogens is 334 g/mol. The number of hydrogen-bond acceptors (Lipinski definition) is 6. The molecule has 8 heteroatoms. The number of benzene rings is 1. The van der Waals surface area contributed by atoms with Crippen LogP contribution in [0, 0.1) is 0 Å². The minimum absolute atomic E-state index is 0.0241. The molecule has 2 amide bonds. The van der Waals surface area contributed by atoms with Crippen molar-refractivity contribution in [3.05, 3.63) is 24.3 Å². The zero-order valence-corrected chi connectivity index (χ0v) is 15.2. The molecule has 26 heavy (non-hydrogen) atoms. The molecule has 0 aromatic heterocycles. The number of anilines is 1. The lowest BCUT2D eigenvalue weighted by Gasteiger charge is -2.34. The highest BCUT2D eigenvalue weighted by Crippen LogP contribution is 2.16. The van der Waals surface area contributed by atoms with Crippen molar-refractivity contribution < 1.29 is 14.3 Å². The summed E-state index contributed by atoms with van der Waals surface area (Å²) in [5, 5.41) is 5.60. The monoisotopic (exact) mass is 359 g/mol. The highest BCUT2D eigenvalue weighted by molar-refractivity contribution is 6.07. The number of ether oxygens (including phenoxy) is 1. The minimum Gasteiger partial charge on any atom is -0.497 e. The van der Waals surface area contributed by atoms with Gasteiger partial charge in [-0.05, 0) is 30.8 Å². The first-order valence-electron chi connectivity index (χ1n) is 8.89. The number of nitrogens with one attached hydrogen (secondary N) is 2. The van der Waals surface area contributed by atoms with Crippen molar-refractivity contribution in [2.75, 3.05) is 45.2 Å². The lowest BCUT2D eigenvalue weighted by Crippen LogP contribution is -2.51. The van der Waals surface area contributed by atoms with Crippen LogP contribution in [0.25, 0.3) is 0 Å². The molecule has 1 fully saturated rings. The van der Waals surface area contributed by atoms with Gasteiger partial charge in [-0.15, -0.1) is 0 Å². The van der Waals surface area contributed by atoms with Gasteiger partial charge in [0.05, 0.1) is 13.5 Å². The molecule has 2 N–H and O–H groups in total. The van der Waals surface area contributed by atoms with Crippen LogP contribution >= 0.6 is 0 Å². The fourth-order valence-electron chi connectivity index (χ4n) is 3.07. The lowest BCUT2D eigenvalue weighted by atomic mass is 10.2. The first kappa shape index (κ1) is 18.2. The summed E-state index contributed by atoms with van der Waals surface area (Å²) in [6.07, 6.45) is 0.0241. The third-order valence-corrected chi connectivity index (χ3v) is 4.69. The molecule has 1 aromatic carbocycles. The zero-order chi connectivity index (χ0) is 18.5.